The van der Waals surface area contributed by atoms with E-state index in [4.69, 9.17) is 16.1 Å². The number of aryl methyl sites for hydroxylation is 1. The zero-order valence-electron chi connectivity index (χ0n) is 13.6. The highest BCUT2D eigenvalue weighted by atomic mass is 35.5. The summed E-state index contributed by atoms with van der Waals surface area (Å²) in [5.74, 6) is 0. The second-order valence-corrected chi connectivity index (χ2v) is 7.21. The quantitative estimate of drug-likeness (QED) is 0.390. The first-order valence-corrected chi connectivity index (χ1v) is 8.75. The van der Waals surface area contributed by atoms with Gasteiger partial charge in [-0.25, -0.2) is 0 Å². The normalized spacial score (nSPS) is 12.2. The number of hydrogen-bond acceptors (Lipinski definition) is 4. The number of hydrogen-bond donors (Lipinski definition) is 0. The average Bonchev–Trinajstić information content (AvgIpc) is 2.56. The number of rotatable bonds is 5. The molecule has 1 unspecified atom stereocenters. The van der Waals surface area contributed by atoms with Crippen LogP contribution in [0.25, 0.3) is 0 Å². The van der Waals surface area contributed by atoms with Gasteiger partial charge in [0.15, 0.2) is 0 Å². The summed E-state index contributed by atoms with van der Waals surface area (Å²) in [5, 5.41) is 11.0. The molecule has 2 aromatic carbocycles. The molecule has 0 fully saturated rings. The fraction of sp³-hybridized carbons (Fsp3) is 0.250. The summed E-state index contributed by atoms with van der Waals surface area (Å²) in [6.45, 7) is 1.62. The van der Waals surface area contributed by atoms with Gasteiger partial charge >= 0.3 is 25.2 Å². The molecule has 26 heavy (non-hydrogen) atoms. The van der Waals surface area contributed by atoms with Crippen molar-refractivity contribution in [2.24, 2.45) is 0 Å². The SMILES string of the molecule is CO[P+](=O)c1cc(Cc2ccc(C(F)(F)F)cc2Cl)c(C)cc1[N+](=O)[O-]. The van der Waals surface area contributed by atoms with E-state index < -0.39 is 24.7 Å². The van der Waals surface area contributed by atoms with Gasteiger partial charge in [-0.3, -0.25) is 10.1 Å². The molecule has 138 valence electrons. The Morgan fingerprint density at radius 2 is 1.88 bits per heavy atom. The first kappa shape index (κ1) is 20.3. The Morgan fingerprint density at radius 3 is 2.38 bits per heavy atom. The molecule has 5 nitrogen and oxygen atoms in total. The van der Waals surface area contributed by atoms with E-state index in [1.54, 1.807) is 6.92 Å². The van der Waals surface area contributed by atoms with Crippen LogP contribution in [0.2, 0.25) is 5.02 Å². The standard InChI is InChI=1S/C16H13ClF3NO4P/c1-9-5-14(21(22)23)15(26(24)25-2)7-11(9)6-10-3-4-12(8-13(10)17)16(18,19)20/h3-5,7-8H,6H2,1-2H3/q+1. The Kier molecular flexibility index (Phi) is 6.01. The van der Waals surface area contributed by atoms with Crippen molar-refractivity contribution in [2.75, 3.05) is 7.11 Å². The Hall–Kier alpha value is -2.02. The largest absolute Gasteiger partial charge is 0.555 e. The minimum Gasteiger partial charge on any atom is -0.258 e. The van der Waals surface area contributed by atoms with Crippen LogP contribution in [0.3, 0.4) is 0 Å². The van der Waals surface area contributed by atoms with E-state index >= 15 is 0 Å². The van der Waals surface area contributed by atoms with E-state index in [-0.39, 0.29) is 22.4 Å². The molecule has 1 atom stereocenters. The third kappa shape index (κ3) is 4.38. The Labute approximate surface area is 152 Å². The van der Waals surface area contributed by atoms with Gasteiger partial charge in [-0.2, -0.15) is 13.2 Å². The highest BCUT2D eigenvalue weighted by molar-refractivity contribution is 7.48. The van der Waals surface area contributed by atoms with Crippen molar-refractivity contribution in [2.45, 2.75) is 19.5 Å². The zero-order chi connectivity index (χ0) is 19.6. The van der Waals surface area contributed by atoms with Crippen molar-refractivity contribution < 1.29 is 27.2 Å². The smallest absolute Gasteiger partial charge is 0.258 e. The van der Waals surface area contributed by atoms with Gasteiger partial charge in [0.1, 0.15) is 0 Å². The van der Waals surface area contributed by atoms with Crippen molar-refractivity contribution in [3.05, 3.63) is 67.7 Å². The van der Waals surface area contributed by atoms with E-state index in [1.165, 1.54) is 18.2 Å². The molecule has 2 aromatic rings. The fourth-order valence-electron chi connectivity index (χ4n) is 2.38. The van der Waals surface area contributed by atoms with E-state index in [0.717, 1.165) is 19.2 Å². The van der Waals surface area contributed by atoms with Gasteiger partial charge in [0.05, 0.1) is 17.6 Å². The van der Waals surface area contributed by atoms with Crippen LogP contribution in [-0.4, -0.2) is 12.0 Å². The number of nitro groups is 1. The fourth-order valence-corrected chi connectivity index (χ4v) is 3.42. The summed E-state index contributed by atoms with van der Waals surface area (Å²) >= 11 is 5.96. The third-order valence-electron chi connectivity index (χ3n) is 3.75. The van der Waals surface area contributed by atoms with Gasteiger partial charge in [-0.15, -0.1) is 4.52 Å². The van der Waals surface area contributed by atoms with Crippen molar-refractivity contribution in [1.82, 2.24) is 0 Å². The molecular weight excluding hydrogens is 394 g/mol. The van der Waals surface area contributed by atoms with E-state index in [2.05, 4.69) is 0 Å². The maximum Gasteiger partial charge on any atom is 0.555 e. The maximum atomic E-state index is 12.7. The van der Waals surface area contributed by atoms with Gasteiger partial charge in [0, 0.05) is 17.2 Å². The monoisotopic (exact) mass is 406 g/mol. The van der Waals surface area contributed by atoms with Crippen LogP contribution in [0.5, 0.6) is 0 Å². The zero-order valence-corrected chi connectivity index (χ0v) is 15.3. The Morgan fingerprint density at radius 1 is 1.23 bits per heavy atom. The molecule has 0 bridgehead atoms. The van der Waals surface area contributed by atoms with Crippen LogP contribution in [-0.2, 0) is 21.7 Å². The second-order valence-electron chi connectivity index (χ2n) is 5.44. The summed E-state index contributed by atoms with van der Waals surface area (Å²) in [4.78, 5) is 10.5. The van der Waals surface area contributed by atoms with Gasteiger partial charge < -0.3 is 0 Å². The Balaban J connectivity index is 2.47. The summed E-state index contributed by atoms with van der Waals surface area (Å²) < 4.78 is 54.8. The van der Waals surface area contributed by atoms with E-state index in [9.17, 15) is 27.9 Å². The molecule has 0 aliphatic heterocycles. The van der Waals surface area contributed by atoms with Crippen molar-refractivity contribution in [3.63, 3.8) is 0 Å². The minimum atomic E-state index is -4.50. The lowest BCUT2D eigenvalue weighted by Crippen LogP contribution is -2.10. The highest BCUT2D eigenvalue weighted by Crippen LogP contribution is 2.34. The molecule has 0 saturated carbocycles. The van der Waals surface area contributed by atoms with Crippen LogP contribution in [0.4, 0.5) is 18.9 Å². The lowest BCUT2D eigenvalue weighted by Gasteiger charge is -2.11. The second kappa shape index (κ2) is 7.70. The highest BCUT2D eigenvalue weighted by Gasteiger charge is 2.34. The molecule has 2 rings (SSSR count). The number of alkyl halides is 3. The predicted octanol–water partition coefficient (Wildman–Crippen LogP) is 5.18. The molecule has 0 N–H and O–H groups in total. The Bertz CT molecular complexity index is 887. The third-order valence-corrected chi connectivity index (χ3v) is 5.19. The van der Waals surface area contributed by atoms with Crippen molar-refractivity contribution in [1.29, 1.82) is 0 Å². The summed E-state index contributed by atoms with van der Waals surface area (Å²) in [6.07, 6.45) is -4.38. The molecular formula is C16H13ClF3NO4P+. The van der Waals surface area contributed by atoms with Crippen LogP contribution in [0, 0.1) is 17.0 Å². The maximum absolute atomic E-state index is 12.7. The summed E-state index contributed by atoms with van der Waals surface area (Å²) in [5.41, 5.74) is 0.279. The molecule has 0 radical (unpaired) electrons. The van der Waals surface area contributed by atoms with E-state index in [1.807, 2.05) is 0 Å². The number of benzene rings is 2. The molecule has 0 aliphatic rings. The lowest BCUT2D eigenvalue weighted by atomic mass is 9.99. The summed E-state index contributed by atoms with van der Waals surface area (Å²) in [7, 11) is -1.27. The van der Waals surface area contributed by atoms with Gasteiger partial charge in [0.2, 0.25) is 0 Å². The van der Waals surface area contributed by atoms with Gasteiger partial charge in [-0.1, -0.05) is 17.7 Å². The van der Waals surface area contributed by atoms with Crippen LogP contribution >= 0.6 is 19.6 Å². The molecule has 10 heteroatoms. The molecule has 0 aliphatic carbocycles. The molecule has 0 saturated heterocycles. The number of halogens is 4. The van der Waals surface area contributed by atoms with Crippen LogP contribution in [0.1, 0.15) is 22.3 Å². The van der Waals surface area contributed by atoms with Crippen LogP contribution in [0.15, 0.2) is 30.3 Å². The van der Waals surface area contributed by atoms with Gasteiger partial charge in [0.25, 0.3) is 0 Å². The predicted molar refractivity (Wildman–Crippen MR) is 91.3 cm³/mol. The van der Waals surface area contributed by atoms with Crippen LogP contribution < -0.4 is 5.30 Å². The molecule has 0 heterocycles. The minimum absolute atomic E-state index is 0.0738. The molecule has 0 spiro atoms. The topological polar surface area (TPSA) is 69.4 Å². The number of nitrogens with zero attached hydrogens (tertiary/aromatic N) is 1. The van der Waals surface area contributed by atoms with Crippen molar-refractivity contribution in [3.8, 4) is 0 Å². The van der Waals surface area contributed by atoms with Gasteiger partial charge in [-0.05, 0) is 46.7 Å². The number of nitro benzene ring substituents is 1. The van der Waals surface area contributed by atoms with Crippen molar-refractivity contribution >= 4 is 30.6 Å². The first-order chi connectivity index (χ1) is 12.0. The average molecular weight is 407 g/mol. The first-order valence-electron chi connectivity index (χ1n) is 7.19. The molecule has 0 amide bonds. The molecule has 0 aromatic heterocycles. The van der Waals surface area contributed by atoms with E-state index in [0.29, 0.717) is 16.7 Å². The summed E-state index contributed by atoms with van der Waals surface area (Å²) in [6, 6.07) is 5.62. The lowest BCUT2D eigenvalue weighted by molar-refractivity contribution is -0.383.